The van der Waals surface area contributed by atoms with E-state index in [0.717, 1.165) is 38.5 Å². The normalized spacial score (nSPS) is 14.5. The first-order chi connectivity index (χ1) is 23.5. The summed E-state index contributed by atoms with van der Waals surface area (Å²) in [5.74, 6) is -0.144. The van der Waals surface area contributed by atoms with Crippen molar-refractivity contribution in [3.05, 3.63) is 0 Å². The summed E-state index contributed by atoms with van der Waals surface area (Å²) < 4.78 is 23.6. The fourth-order valence-corrected chi connectivity index (χ4v) is 6.96. The number of hydrogen-bond donors (Lipinski definition) is 3. The first kappa shape index (κ1) is 48.5. The summed E-state index contributed by atoms with van der Waals surface area (Å²) in [6.45, 7) is 4.89. The second-order valence-corrected chi connectivity index (χ2v) is 17.2. The molecular weight excluding hydrogens is 635 g/mol. The maximum absolute atomic E-state index is 12.8. The SMILES string of the molecule is CCCCCCCCCCCCCCCCCC(O)C(COP(=O)(O)OCC[N+](C)(C)C)NC(=O)CCCCCCCCCCCCCC. The van der Waals surface area contributed by atoms with Crippen LogP contribution in [0, 0.1) is 0 Å². The third-order valence-corrected chi connectivity index (χ3v) is 10.6. The molecule has 3 unspecified atom stereocenters. The number of rotatable bonds is 38. The van der Waals surface area contributed by atoms with Crippen molar-refractivity contribution in [1.82, 2.24) is 5.32 Å². The monoisotopic (exact) mass is 720 g/mol. The summed E-state index contributed by atoms with van der Waals surface area (Å²) in [6.07, 6.45) is 34.0. The quantitative estimate of drug-likeness (QED) is 0.0333. The first-order valence-corrected chi connectivity index (χ1v) is 22.4. The van der Waals surface area contributed by atoms with Crippen LogP contribution in [0.15, 0.2) is 0 Å². The summed E-state index contributed by atoms with van der Waals surface area (Å²) in [5.41, 5.74) is 0. The summed E-state index contributed by atoms with van der Waals surface area (Å²) in [4.78, 5) is 23.0. The summed E-state index contributed by atoms with van der Waals surface area (Å²) in [5, 5.41) is 13.9. The minimum Gasteiger partial charge on any atom is -0.391 e. The van der Waals surface area contributed by atoms with Crippen molar-refractivity contribution in [3.63, 3.8) is 0 Å². The molecule has 49 heavy (non-hydrogen) atoms. The molecule has 0 aliphatic heterocycles. The topological polar surface area (TPSA) is 105 Å². The number of unbranched alkanes of at least 4 members (excludes halogenated alkanes) is 25. The van der Waals surface area contributed by atoms with Gasteiger partial charge in [-0.15, -0.1) is 0 Å². The molecule has 3 atom stereocenters. The lowest BCUT2D eigenvalue weighted by molar-refractivity contribution is -0.870. The molecule has 8 nitrogen and oxygen atoms in total. The Balaban J connectivity index is 4.39. The van der Waals surface area contributed by atoms with Crippen LogP contribution in [0.2, 0.25) is 0 Å². The molecule has 0 saturated heterocycles. The molecule has 0 heterocycles. The maximum atomic E-state index is 12.8. The Hall–Kier alpha value is -0.500. The number of carbonyl (C=O) groups is 1. The Morgan fingerprint density at radius 1 is 0.612 bits per heavy atom. The fourth-order valence-electron chi connectivity index (χ4n) is 6.22. The van der Waals surface area contributed by atoms with Crippen molar-refractivity contribution in [2.75, 3.05) is 40.9 Å². The molecular formula is C40H84N2O6P+. The van der Waals surface area contributed by atoms with Gasteiger partial charge in [0.2, 0.25) is 5.91 Å². The van der Waals surface area contributed by atoms with E-state index in [1.165, 1.54) is 135 Å². The fraction of sp³-hybridized carbons (Fsp3) is 0.975. The van der Waals surface area contributed by atoms with Gasteiger partial charge in [-0.1, -0.05) is 181 Å². The van der Waals surface area contributed by atoms with Gasteiger partial charge >= 0.3 is 7.82 Å². The van der Waals surface area contributed by atoms with Crippen LogP contribution in [0.25, 0.3) is 0 Å². The minimum atomic E-state index is -4.30. The highest BCUT2D eigenvalue weighted by Crippen LogP contribution is 2.43. The molecule has 294 valence electrons. The molecule has 0 rings (SSSR count). The molecule has 3 N–H and O–H groups in total. The standard InChI is InChI=1S/C40H83N2O6P/c1-6-8-10-12-14-16-18-20-21-22-23-25-27-29-31-33-39(43)38(37-48-49(45,46)47-36-35-42(3,4)5)41-40(44)34-32-30-28-26-24-19-17-15-13-11-9-7-2/h38-39,43H,6-37H2,1-5H3,(H-,41,44,45,46)/p+1. The Labute approximate surface area is 304 Å². The zero-order valence-electron chi connectivity index (χ0n) is 33.2. The molecule has 0 radical (unpaired) electrons. The maximum Gasteiger partial charge on any atom is 0.472 e. The number of quaternary nitrogens is 1. The third-order valence-electron chi connectivity index (χ3n) is 9.61. The van der Waals surface area contributed by atoms with E-state index in [-0.39, 0.29) is 19.1 Å². The lowest BCUT2D eigenvalue weighted by atomic mass is 10.0. The third kappa shape index (κ3) is 35.7. The lowest BCUT2D eigenvalue weighted by Crippen LogP contribution is -2.46. The first-order valence-electron chi connectivity index (χ1n) is 20.9. The van der Waals surface area contributed by atoms with Gasteiger partial charge in [-0.2, -0.15) is 0 Å². The molecule has 0 aromatic carbocycles. The minimum absolute atomic E-state index is 0.0783. The Morgan fingerprint density at radius 2 is 0.980 bits per heavy atom. The van der Waals surface area contributed by atoms with E-state index >= 15 is 0 Å². The van der Waals surface area contributed by atoms with Crippen molar-refractivity contribution >= 4 is 13.7 Å². The van der Waals surface area contributed by atoms with Crippen molar-refractivity contribution in [2.45, 2.75) is 212 Å². The Morgan fingerprint density at radius 3 is 1.37 bits per heavy atom. The number of likely N-dealkylation sites (N-methyl/N-ethyl adjacent to an activating group) is 1. The predicted molar refractivity (Wildman–Crippen MR) is 208 cm³/mol. The number of nitrogens with zero attached hydrogens (tertiary/aromatic N) is 1. The lowest BCUT2D eigenvalue weighted by Gasteiger charge is -2.26. The highest BCUT2D eigenvalue weighted by atomic mass is 31.2. The van der Waals surface area contributed by atoms with Gasteiger partial charge in [0.15, 0.2) is 0 Å². The van der Waals surface area contributed by atoms with Crippen LogP contribution >= 0.6 is 7.82 Å². The Kier molecular flexibility index (Phi) is 33.0. The molecule has 0 bridgehead atoms. The van der Waals surface area contributed by atoms with Gasteiger partial charge in [-0.3, -0.25) is 13.8 Å². The van der Waals surface area contributed by atoms with E-state index in [2.05, 4.69) is 19.2 Å². The number of amides is 1. The molecule has 1 amide bonds. The highest BCUT2D eigenvalue weighted by molar-refractivity contribution is 7.47. The predicted octanol–water partition coefficient (Wildman–Crippen LogP) is 11.0. The average Bonchev–Trinajstić information content (AvgIpc) is 3.04. The van der Waals surface area contributed by atoms with Crippen LogP contribution in [0.3, 0.4) is 0 Å². The highest BCUT2D eigenvalue weighted by Gasteiger charge is 2.28. The number of carbonyl (C=O) groups excluding carboxylic acids is 1. The zero-order chi connectivity index (χ0) is 36.5. The Bertz CT molecular complexity index is 778. The van der Waals surface area contributed by atoms with Crippen molar-refractivity contribution < 1.29 is 32.9 Å². The van der Waals surface area contributed by atoms with Crippen LogP contribution in [-0.4, -0.2) is 73.4 Å². The number of nitrogens with one attached hydrogen (secondary N) is 1. The summed E-state index contributed by atoms with van der Waals surface area (Å²) in [7, 11) is 1.62. The van der Waals surface area contributed by atoms with Crippen LogP contribution in [0.5, 0.6) is 0 Å². The van der Waals surface area contributed by atoms with E-state index in [1.807, 2.05) is 21.1 Å². The van der Waals surface area contributed by atoms with Crippen LogP contribution < -0.4 is 5.32 Å². The van der Waals surface area contributed by atoms with E-state index in [4.69, 9.17) is 9.05 Å². The molecule has 9 heteroatoms. The molecule has 0 saturated carbocycles. The van der Waals surface area contributed by atoms with Crippen molar-refractivity contribution in [2.24, 2.45) is 0 Å². The molecule has 0 aliphatic carbocycles. The van der Waals surface area contributed by atoms with E-state index < -0.39 is 20.0 Å². The number of phosphoric acid groups is 1. The summed E-state index contributed by atoms with van der Waals surface area (Å²) >= 11 is 0. The van der Waals surface area contributed by atoms with Gasteiger partial charge in [0.1, 0.15) is 13.2 Å². The van der Waals surface area contributed by atoms with E-state index in [9.17, 15) is 19.4 Å². The van der Waals surface area contributed by atoms with Gasteiger partial charge < -0.3 is 19.8 Å². The van der Waals surface area contributed by atoms with Crippen molar-refractivity contribution in [1.29, 1.82) is 0 Å². The molecule has 0 fully saturated rings. The van der Waals surface area contributed by atoms with Gasteiger partial charge in [-0.25, -0.2) is 4.57 Å². The number of hydrogen-bond acceptors (Lipinski definition) is 5. The van der Waals surface area contributed by atoms with Crippen molar-refractivity contribution in [3.8, 4) is 0 Å². The molecule has 0 aromatic heterocycles. The van der Waals surface area contributed by atoms with Gasteiger partial charge in [0.25, 0.3) is 0 Å². The molecule has 0 aromatic rings. The smallest absolute Gasteiger partial charge is 0.391 e. The van der Waals surface area contributed by atoms with Gasteiger partial charge in [0, 0.05) is 6.42 Å². The largest absolute Gasteiger partial charge is 0.472 e. The van der Waals surface area contributed by atoms with E-state index in [0.29, 0.717) is 23.9 Å². The number of phosphoric ester groups is 1. The second-order valence-electron chi connectivity index (χ2n) is 15.7. The van der Waals surface area contributed by atoms with Crippen LogP contribution in [0.4, 0.5) is 0 Å². The molecule has 0 aliphatic rings. The van der Waals surface area contributed by atoms with Gasteiger partial charge in [-0.05, 0) is 12.8 Å². The van der Waals surface area contributed by atoms with E-state index in [1.54, 1.807) is 0 Å². The van der Waals surface area contributed by atoms with Crippen LogP contribution in [-0.2, 0) is 18.4 Å². The number of aliphatic hydroxyl groups is 1. The number of aliphatic hydroxyl groups excluding tert-OH is 1. The second kappa shape index (κ2) is 33.3. The van der Waals surface area contributed by atoms with Gasteiger partial charge in [0.05, 0.1) is 39.9 Å². The summed E-state index contributed by atoms with van der Waals surface area (Å²) in [6, 6.07) is -0.751. The zero-order valence-corrected chi connectivity index (χ0v) is 34.1. The molecule has 0 spiro atoms. The van der Waals surface area contributed by atoms with Crippen LogP contribution in [0.1, 0.15) is 200 Å². The average molecular weight is 720 g/mol.